The number of carbonyl (C=O) groups is 1. The van der Waals surface area contributed by atoms with E-state index < -0.39 is 15.8 Å². The molecular formula is C16H16O5S. The van der Waals surface area contributed by atoms with Gasteiger partial charge in [0, 0.05) is 5.56 Å². The number of sulfone groups is 1. The first kappa shape index (κ1) is 16.0. The molecule has 0 aliphatic heterocycles. The molecule has 2 rings (SSSR count). The Labute approximate surface area is 129 Å². The van der Waals surface area contributed by atoms with Gasteiger partial charge in [-0.25, -0.2) is 13.2 Å². The molecule has 0 saturated carbocycles. The Morgan fingerprint density at radius 2 is 1.86 bits per heavy atom. The second-order valence-electron chi connectivity index (χ2n) is 4.91. The van der Waals surface area contributed by atoms with Crippen molar-refractivity contribution in [2.45, 2.75) is 17.6 Å². The Bertz CT molecular complexity index is 809. The van der Waals surface area contributed by atoms with Crippen molar-refractivity contribution in [1.29, 1.82) is 0 Å². The van der Waals surface area contributed by atoms with E-state index in [2.05, 4.69) is 0 Å². The van der Waals surface area contributed by atoms with Crippen molar-refractivity contribution >= 4 is 15.8 Å². The van der Waals surface area contributed by atoms with Crippen LogP contribution in [0.5, 0.6) is 5.75 Å². The zero-order valence-electron chi connectivity index (χ0n) is 12.2. The highest BCUT2D eigenvalue weighted by Gasteiger charge is 2.20. The molecule has 2 aromatic carbocycles. The van der Waals surface area contributed by atoms with Crippen LogP contribution in [-0.2, 0) is 15.6 Å². The lowest BCUT2D eigenvalue weighted by Crippen LogP contribution is -2.08. The Morgan fingerprint density at radius 3 is 2.50 bits per heavy atom. The number of benzene rings is 2. The molecule has 1 N–H and O–H groups in total. The van der Waals surface area contributed by atoms with E-state index in [1.807, 2.05) is 0 Å². The summed E-state index contributed by atoms with van der Waals surface area (Å²) in [6.45, 7) is 1.66. The number of aryl methyl sites for hydroxylation is 1. The lowest BCUT2D eigenvalue weighted by molar-refractivity contribution is 0.0696. The fourth-order valence-corrected chi connectivity index (χ4v) is 3.65. The van der Waals surface area contributed by atoms with E-state index in [0.717, 1.165) is 0 Å². The van der Waals surface area contributed by atoms with Crippen molar-refractivity contribution < 1.29 is 23.1 Å². The van der Waals surface area contributed by atoms with Crippen LogP contribution in [-0.4, -0.2) is 26.6 Å². The molecule has 0 unspecified atom stereocenters. The summed E-state index contributed by atoms with van der Waals surface area (Å²) in [7, 11) is -2.19. The van der Waals surface area contributed by atoms with Crippen molar-refractivity contribution in [3.8, 4) is 5.75 Å². The molecule has 0 aromatic heterocycles. The number of para-hydroxylation sites is 1. The first-order valence-electron chi connectivity index (χ1n) is 6.53. The molecule has 0 spiro atoms. The van der Waals surface area contributed by atoms with E-state index in [4.69, 9.17) is 9.84 Å². The van der Waals surface area contributed by atoms with E-state index in [1.54, 1.807) is 31.2 Å². The van der Waals surface area contributed by atoms with Crippen molar-refractivity contribution in [1.82, 2.24) is 0 Å². The van der Waals surface area contributed by atoms with Gasteiger partial charge in [-0.05, 0) is 36.8 Å². The molecule has 0 bridgehead atoms. The molecule has 0 amide bonds. The molecule has 0 heterocycles. The van der Waals surface area contributed by atoms with Gasteiger partial charge in [0.05, 0.1) is 23.3 Å². The monoisotopic (exact) mass is 320 g/mol. The minimum absolute atomic E-state index is 0.00388. The topological polar surface area (TPSA) is 80.7 Å². The van der Waals surface area contributed by atoms with Crippen LogP contribution in [0.25, 0.3) is 0 Å². The third-order valence-corrected chi connectivity index (χ3v) is 4.84. The Morgan fingerprint density at radius 1 is 1.18 bits per heavy atom. The first-order valence-corrected chi connectivity index (χ1v) is 8.18. The molecule has 116 valence electrons. The van der Waals surface area contributed by atoms with Crippen LogP contribution in [0.15, 0.2) is 47.4 Å². The maximum absolute atomic E-state index is 12.5. The fraction of sp³-hybridized carbons (Fsp3) is 0.188. The van der Waals surface area contributed by atoms with Crippen LogP contribution in [0.4, 0.5) is 0 Å². The van der Waals surface area contributed by atoms with Crippen molar-refractivity contribution in [3.05, 3.63) is 59.2 Å². The normalized spacial score (nSPS) is 11.2. The summed E-state index contributed by atoms with van der Waals surface area (Å²) in [4.78, 5) is 11.1. The van der Waals surface area contributed by atoms with E-state index in [0.29, 0.717) is 16.9 Å². The molecular weight excluding hydrogens is 304 g/mol. The predicted molar refractivity (Wildman–Crippen MR) is 82.0 cm³/mol. The average Bonchev–Trinajstić information content (AvgIpc) is 2.46. The number of aromatic carboxylic acids is 1. The van der Waals surface area contributed by atoms with Crippen molar-refractivity contribution in [3.63, 3.8) is 0 Å². The molecule has 0 aliphatic rings. The summed E-state index contributed by atoms with van der Waals surface area (Å²) < 4.78 is 30.3. The van der Waals surface area contributed by atoms with Crippen LogP contribution in [0, 0.1) is 6.92 Å². The summed E-state index contributed by atoms with van der Waals surface area (Å²) in [5, 5.41) is 9.06. The lowest BCUT2D eigenvalue weighted by atomic mass is 10.1. The number of rotatable bonds is 5. The van der Waals surface area contributed by atoms with Gasteiger partial charge in [-0.3, -0.25) is 0 Å². The molecule has 22 heavy (non-hydrogen) atoms. The van der Waals surface area contributed by atoms with Crippen LogP contribution in [0.1, 0.15) is 21.5 Å². The molecule has 0 fully saturated rings. The highest BCUT2D eigenvalue weighted by molar-refractivity contribution is 7.90. The van der Waals surface area contributed by atoms with Crippen LogP contribution in [0.2, 0.25) is 0 Å². The van der Waals surface area contributed by atoms with Gasteiger partial charge in [0.15, 0.2) is 9.84 Å². The van der Waals surface area contributed by atoms with Gasteiger partial charge in [-0.2, -0.15) is 0 Å². The molecule has 5 nitrogen and oxygen atoms in total. The summed E-state index contributed by atoms with van der Waals surface area (Å²) in [6, 6.07) is 10.9. The second-order valence-corrected chi connectivity index (χ2v) is 6.90. The minimum Gasteiger partial charge on any atom is -0.496 e. The van der Waals surface area contributed by atoms with E-state index in [-0.39, 0.29) is 16.2 Å². The standard InChI is InChI=1S/C16H16O5S/c1-11-7-13(16(17)18)9-14(8-11)22(19,20)10-12-5-3-4-6-15(12)21-2/h3-9H,10H2,1-2H3,(H,17,18). The Hall–Kier alpha value is -2.34. The van der Waals surface area contributed by atoms with Gasteiger partial charge < -0.3 is 9.84 Å². The van der Waals surface area contributed by atoms with Gasteiger partial charge >= 0.3 is 5.97 Å². The quantitative estimate of drug-likeness (QED) is 0.916. The van der Waals surface area contributed by atoms with Crippen molar-refractivity contribution in [2.24, 2.45) is 0 Å². The summed E-state index contributed by atoms with van der Waals surface area (Å²) in [5.74, 6) is -0.922. The molecule has 0 radical (unpaired) electrons. The van der Waals surface area contributed by atoms with E-state index in [1.165, 1.54) is 25.3 Å². The van der Waals surface area contributed by atoms with Crippen LogP contribution >= 0.6 is 0 Å². The Kier molecular flexibility index (Phi) is 4.51. The first-order chi connectivity index (χ1) is 10.3. The summed E-state index contributed by atoms with van der Waals surface area (Å²) in [5.41, 5.74) is 1.07. The number of hydrogen-bond acceptors (Lipinski definition) is 4. The maximum atomic E-state index is 12.5. The molecule has 6 heteroatoms. The van der Waals surface area contributed by atoms with Gasteiger partial charge in [-0.1, -0.05) is 18.2 Å². The van der Waals surface area contributed by atoms with E-state index in [9.17, 15) is 13.2 Å². The molecule has 0 atom stereocenters. The zero-order valence-corrected chi connectivity index (χ0v) is 13.1. The zero-order chi connectivity index (χ0) is 16.3. The van der Waals surface area contributed by atoms with Gasteiger partial charge in [-0.15, -0.1) is 0 Å². The lowest BCUT2D eigenvalue weighted by Gasteiger charge is -2.10. The SMILES string of the molecule is COc1ccccc1CS(=O)(=O)c1cc(C)cc(C(=O)O)c1. The fourth-order valence-electron chi connectivity index (χ4n) is 2.16. The van der Waals surface area contributed by atoms with Crippen LogP contribution < -0.4 is 4.74 Å². The summed E-state index contributed by atoms with van der Waals surface area (Å²) >= 11 is 0. The van der Waals surface area contributed by atoms with Crippen molar-refractivity contribution in [2.75, 3.05) is 7.11 Å². The predicted octanol–water partition coefficient (Wildman–Crippen LogP) is 2.68. The summed E-state index contributed by atoms with van der Waals surface area (Å²) in [6.07, 6.45) is 0. The average molecular weight is 320 g/mol. The minimum atomic E-state index is -3.67. The van der Waals surface area contributed by atoms with E-state index >= 15 is 0 Å². The number of ether oxygens (including phenoxy) is 1. The third kappa shape index (κ3) is 3.46. The Balaban J connectivity index is 2.45. The number of hydrogen-bond donors (Lipinski definition) is 1. The smallest absolute Gasteiger partial charge is 0.335 e. The maximum Gasteiger partial charge on any atom is 0.335 e. The highest BCUT2D eigenvalue weighted by Crippen LogP contribution is 2.25. The highest BCUT2D eigenvalue weighted by atomic mass is 32.2. The molecule has 0 saturated heterocycles. The van der Waals surface area contributed by atoms with Gasteiger partial charge in [0.1, 0.15) is 5.75 Å². The third-order valence-electron chi connectivity index (χ3n) is 3.19. The number of methoxy groups -OCH3 is 1. The van der Waals surface area contributed by atoms with Gasteiger partial charge in [0.25, 0.3) is 0 Å². The van der Waals surface area contributed by atoms with Crippen LogP contribution in [0.3, 0.4) is 0 Å². The van der Waals surface area contributed by atoms with Gasteiger partial charge in [0.2, 0.25) is 0 Å². The molecule has 0 aliphatic carbocycles. The largest absolute Gasteiger partial charge is 0.496 e. The second kappa shape index (κ2) is 6.19. The number of carboxylic acid groups (broad SMARTS) is 1. The number of carboxylic acids is 1. The molecule has 2 aromatic rings.